The summed E-state index contributed by atoms with van der Waals surface area (Å²) in [4.78, 5) is 23.5. The summed E-state index contributed by atoms with van der Waals surface area (Å²) in [5.41, 5.74) is 0.818. The van der Waals surface area contributed by atoms with Crippen molar-refractivity contribution in [3.63, 3.8) is 0 Å². The van der Waals surface area contributed by atoms with Gasteiger partial charge >= 0.3 is 5.97 Å². The quantitative estimate of drug-likeness (QED) is 0.812. The van der Waals surface area contributed by atoms with Crippen molar-refractivity contribution in [1.82, 2.24) is 0 Å². The van der Waals surface area contributed by atoms with Gasteiger partial charge in [-0.3, -0.25) is 9.59 Å². The number of carbonyl (C=O) groups excluding carboxylic acids is 2. The zero-order valence-corrected chi connectivity index (χ0v) is 13.6. The molecule has 0 aliphatic rings. The Morgan fingerprint density at radius 3 is 2.75 bits per heavy atom. The van der Waals surface area contributed by atoms with Gasteiger partial charge in [-0.2, -0.15) is 0 Å². The molecule has 0 aliphatic carbocycles. The molecule has 0 bridgehead atoms. The van der Waals surface area contributed by atoms with Gasteiger partial charge in [-0.15, -0.1) is 0 Å². The monoisotopic (exact) mass is 351 g/mol. The number of ether oxygens (including phenoxy) is 2. The number of esters is 1. The van der Waals surface area contributed by atoms with Crippen molar-refractivity contribution in [1.29, 1.82) is 0 Å². The van der Waals surface area contributed by atoms with Gasteiger partial charge in [0.1, 0.15) is 11.6 Å². The summed E-state index contributed by atoms with van der Waals surface area (Å²) < 4.78 is 23.1. The molecule has 2 rings (SSSR count). The van der Waals surface area contributed by atoms with E-state index in [9.17, 15) is 14.0 Å². The van der Waals surface area contributed by atoms with Crippen molar-refractivity contribution in [3.05, 3.63) is 58.9 Å². The number of anilines is 1. The number of hydrogen-bond acceptors (Lipinski definition) is 4. The summed E-state index contributed by atoms with van der Waals surface area (Å²) in [6.07, 6.45) is 0.00516. The molecule has 2 aromatic carbocycles. The molecule has 7 heteroatoms. The molecule has 5 nitrogen and oxygen atoms in total. The molecule has 0 unspecified atom stereocenters. The average molecular weight is 352 g/mol. The van der Waals surface area contributed by atoms with Crippen LogP contribution in [-0.2, 0) is 20.7 Å². The molecule has 2 aromatic rings. The van der Waals surface area contributed by atoms with Crippen molar-refractivity contribution >= 4 is 29.2 Å². The van der Waals surface area contributed by atoms with Gasteiger partial charge in [0.2, 0.25) is 0 Å². The fourth-order valence-electron chi connectivity index (χ4n) is 1.93. The van der Waals surface area contributed by atoms with Crippen molar-refractivity contribution < 1.29 is 23.5 Å². The van der Waals surface area contributed by atoms with Crippen LogP contribution in [0.4, 0.5) is 10.1 Å². The molecule has 0 saturated carbocycles. The van der Waals surface area contributed by atoms with Crippen LogP contribution < -0.4 is 10.1 Å². The van der Waals surface area contributed by atoms with E-state index in [4.69, 9.17) is 21.1 Å². The average Bonchev–Trinajstić information content (AvgIpc) is 2.56. The first-order chi connectivity index (χ1) is 11.5. The molecule has 0 radical (unpaired) electrons. The summed E-state index contributed by atoms with van der Waals surface area (Å²) in [6, 6.07) is 10.5. The molecule has 0 fully saturated rings. The number of hydrogen-bond donors (Lipinski definition) is 1. The molecular weight excluding hydrogens is 337 g/mol. The Morgan fingerprint density at radius 1 is 1.21 bits per heavy atom. The highest BCUT2D eigenvalue weighted by atomic mass is 35.5. The number of carbonyl (C=O) groups is 2. The van der Waals surface area contributed by atoms with Gasteiger partial charge < -0.3 is 14.8 Å². The topological polar surface area (TPSA) is 64.6 Å². The van der Waals surface area contributed by atoms with E-state index in [1.807, 2.05) is 0 Å². The summed E-state index contributed by atoms with van der Waals surface area (Å²) >= 11 is 5.84. The maximum absolute atomic E-state index is 13.1. The Bertz CT molecular complexity index is 751. The van der Waals surface area contributed by atoms with Crippen molar-refractivity contribution in [2.24, 2.45) is 0 Å². The minimum Gasteiger partial charge on any atom is -0.497 e. The Labute approximate surface area is 143 Å². The number of rotatable bonds is 6. The maximum Gasteiger partial charge on any atom is 0.310 e. The molecule has 1 amide bonds. The number of amides is 1. The minimum absolute atomic E-state index is 0.00516. The second-order valence-corrected chi connectivity index (χ2v) is 5.27. The van der Waals surface area contributed by atoms with E-state index in [1.165, 1.54) is 19.2 Å². The lowest BCUT2D eigenvalue weighted by atomic mass is 10.1. The van der Waals surface area contributed by atoms with E-state index < -0.39 is 24.3 Å². The molecule has 126 valence electrons. The minimum atomic E-state index is -0.610. The zero-order valence-electron chi connectivity index (χ0n) is 12.8. The fourth-order valence-corrected chi connectivity index (χ4v) is 2.09. The van der Waals surface area contributed by atoms with Gasteiger partial charge in [0.15, 0.2) is 6.61 Å². The normalized spacial score (nSPS) is 10.1. The summed E-state index contributed by atoms with van der Waals surface area (Å²) in [5, 5.41) is 2.57. The van der Waals surface area contributed by atoms with E-state index in [-0.39, 0.29) is 17.1 Å². The van der Waals surface area contributed by atoms with E-state index >= 15 is 0 Å². The number of benzene rings is 2. The largest absolute Gasteiger partial charge is 0.497 e. The first-order valence-corrected chi connectivity index (χ1v) is 7.39. The summed E-state index contributed by atoms with van der Waals surface area (Å²) in [5.74, 6) is -1.09. The lowest BCUT2D eigenvalue weighted by Gasteiger charge is -2.08. The Hall–Kier alpha value is -2.60. The summed E-state index contributed by atoms with van der Waals surface area (Å²) in [6.45, 7) is -0.490. The first kappa shape index (κ1) is 17.7. The molecule has 0 aromatic heterocycles. The second kappa shape index (κ2) is 8.31. The lowest BCUT2D eigenvalue weighted by molar-refractivity contribution is -0.146. The Morgan fingerprint density at radius 2 is 2.00 bits per heavy atom. The van der Waals surface area contributed by atoms with Gasteiger partial charge in [0, 0.05) is 0 Å². The SMILES string of the molecule is COc1cccc(CC(=O)OCC(=O)Nc2cc(F)ccc2Cl)c1. The highest BCUT2D eigenvalue weighted by Gasteiger charge is 2.11. The van der Waals surface area contributed by atoms with Gasteiger partial charge in [0.25, 0.3) is 5.91 Å². The third-order valence-electron chi connectivity index (χ3n) is 3.05. The molecule has 1 N–H and O–H groups in total. The molecule has 0 saturated heterocycles. The smallest absolute Gasteiger partial charge is 0.310 e. The van der Waals surface area contributed by atoms with Crippen LogP contribution in [0.2, 0.25) is 5.02 Å². The van der Waals surface area contributed by atoms with E-state index in [0.29, 0.717) is 11.3 Å². The van der Waals surface area contributed by atoms with E-state index in [2.05, 4.69) is 5.32 Å². The highest BCUT2D eigenvalue weighted by Crippen LogP contribution is 2.22. The number of methoxy groups -OCH3 is 1. The molecule has 0 spiro atoms. The molecule has 0 atom stereocenters. The van der Waals surface area contributed by atoms with Crippen LogP contribution in [-0.4, -0.2) is 25.6 Å². The van der Waals surface area contributed by atoms with Crippen LogP contribution >= 0.6 is 11.6 Å². The van der Waals surface area contributed by atoms with E-state index in [1.54, 1.807) is 24.3 Å². The van der Waals surface area contributed by atoms with Crippen LogP contribution in [0.3, 0.4) is 0 Å². The summed E-state index contributed by atoms with van der Waals surface area (Å²) in [7, 11) is 1.53. The maximum atomic E-state index is 13.1. The van der Waals surface area contributed by atoms with Gasteiger partial charge in [-0.25, -0.2) is 4.39 Å². The fraction of sp³-hybridized carbons (Fsp3) is 0.176. The first-order valence-electron chi connectivity index (χ1n) is 7.01. The Balaban J connectivity index is 1.84. The van der Waals surface area contributed by atoms with Crippen molar-refractivity contribution in [3.8, 4) is 5.75 Å². The highest BCUT2D eigenvalue weighted by molar-refractivity contribution is 6.33. The van der Waals surface area contributed by atoms with Gasteiger partial charge in [0.05, 0.1) is 24.2 Å². The van der Waals surface area contributed by atoms with Crippen LogP contribution in [0.25, 0.3) is 0 Å². The standard InChI is InChI=1S/C17H15ClFNO4/c1-23-13-4-2-3-11(7-13)8-17(22)24-10-16(21)20-15-9-12(19)5-6-14(15)18/h2-7,9H,8,10H2,1H3,(H,20,21). The Kier molecular flexibility index (Phi) is 6.14. The van der Waals surface area contributed by atoms with Gasteiger partial charge in [-0.1, -0.05) is 23.7 Å². The molecular formula is C17H15ClFNO4. The van der Waals surface area contributed by atoms with Crippen LogP contribution in [0.5, 0.6) is 5.75 Å². The van der Waals surface area contributed by atoms with Crippen LogP contribution in [0.1, 0.15) is 5.56 Å². The van der Waals surface area contributed by atoms with Crippen LogP contribution in [0, 0.1) is 5.82 Å². The molecule has 24 heavy (non-hydrogen) atoms. The molecule has 0 aliphatic heterocycles. The number of nitrogens with one attached hydrogen (secondary N) is 1. The van der Waals surface area contributed by atoms with Crippen molar-refractivity contribution in [2.75, 3.05) is 19.0 Å². The third kappa shape index (κ3) is 5.24. The third-order valence-corrected chi connectivity index (χ3v) is 3.38. The van der Waals surface area contributed by atoms with E-state index in [0.717, 1.165) is 6.07 Å². The lowest BCUT2D eigenvalue weighted by Crippen LogP contribution is -2.21. The van der Waals surface area contributed by atoms with Crippen LogP contribution in [0.15, 0.2) is 42.5 Å². The molecule has 0 heterocycles. The predicted octanol–water partition coefficient (Wildman–Crippen LogP) is 3.21. The zero-order chi connectivity index (χ0) is 17.5. The second-order valence-electron chi connectivity index (χ2n) is 4.86. The van der Waals surface area contributed by atoms with Crippen molar-refractivity contribution in [2.45, 2.75) is 6.42 Å². The van der Waals surface area contributed by atoms with Gasteiger partial charge in [-0.05, 0) is 35.9 Å². The predicted molar refractivity (Wildman–Crippen MR) is 87.7 cm³/mol. The number of halogens is 2.